The van der Waals surface area contributed by atoms with Crippen LogP contribution in [-0.4, -0.2) is 55.4 Å². The van der Waals surface area contributed by atoms with Gasteiger partial charge >= 0.3 is 5.97 Å². The van der Waals surface area contributed by atoms with Gasteiger partial charge in [0.25, 0.3) is 5.91 Å². The molecule has 1 amide bonds. The summed E-state index contributed by atoms with van der Waals surface area (Å²) in [5.41, 5.74) is 0.260. The second-order valence-electron chi connectivity index (χ2n) is 4.31. The van der Waals surface area contributed by atoms with Crippen LogP contribution >= 0.6 is 0 Å². The number of carboxylic acid groups (broad SMARTS) is 1. The lowest BCUT2D eigenvalue weighted by Crippen LogP contribution is -2.25. The molecule has 0 spiro atoms. The van der Waals surface area contributed by atoms with Gasteiger partial charge in [-0.25, -0.2) is 9.78 Å². The number of nitrogens with one attached hydrogen (secondary N) is 1. The number of rotatable bonds is 10. The summed E-state index contributed by atoms with van der Waals surface area (Å²) >= 11 is 0. The number of methoxy groups -OCH3 is 1. The molecule has 1 rings (SSSR count). The molecule has 2 N–H and O–H groups in total. The van der Waals surface area contributed by atoms with Crippen LogP contribution in [0.25, 0.3) is 0 Å². The van der Waals surface area contributed by atoms with Crippen molar-refractivity contribution in [3.63, 3.8) is 0 Å². The molecule has 0 aliphatic carbocycles. The third-order valence-corrected chi connectivity index (χ3v) is 2.68. The van der Waals surface area contributed by atoms with Crippen molar-refractivity contribution in [3.05, 3.63) is 29.6 Å². The first-order valence-electron chi connectivity index (χ1n) is 6.69. The summed E-state index contributed by atoms with van der Waals surface area (Å²) in [5, 5.41) is 11.5. The quantitative estimate of drug-likeness (QED) is 0.624. The number of aromatic nitrogens is 1. The molecule has 21 heavy (non-hydrogen) atoms. The van der Waals surface area contributed by atoms with Gasteiger partial charge in [-0.15, -0.1) is 0 Å². The molecule has 0 radical (unpaired) electrons. The van der Waals surface area contributed by atoms with E-state index in [2.05, 4.69) is 10.3 Å². The number of unbranched alkanes of at least 4 members (excludes halogenated alkanes) is 1. The third-order valence-electron chi connectivity index (χ3n) is 2.68. The fourth-order valence-electron chi connectivity index (χ4n) is 1.53. The van der Waals surface area contributed by atoms with E-state index >= 15 is 0 Å². The van der Waals surface area contributed by atoms with Gasteiger partial charge in [0.1, 0.15) is 5.69 Å². The van der Waals surface area contributed by atoms with E-state index in [1.54, 1.807) is 7.11 Å². The van der Waals surface area contributed by atoms with E-state index in [1.165, 1.54) is 18.3 Å². The lowest BCUT2D eigenvalue weighted by atomic mass is 10.2. The maximum absolute atomic E-state index is 11.8. The van der Waals surface area contributed by atoms with Gasteiger partial charge in [0, 0.05) is 26.5 Å². The number of pyridine rings is 1. The van der Waals surface area contributed by atoms with Crippen molar-refractivity contribution in [2.45, 2.75) is 12.8 Å². The van der Waals surface area contributed by atoms with Crippen LogP contribution in [0.3, 0.4) is 0 Å². The Morgan fingerprint density at radius 3 is 2.67 bits per heavy atom. The highest BCUT2D eigenvalue weighted by atomic mass is 16.5. The van der Waals surface area contributed by atoms with Crippen molar-refractivity contribution in [1.29, 1.82) is 0 Å². The molecule has 0 atom stereocenters. The highest BCUT2D eigenvalue weighted by molar-refractivity contribution is 5.94. The van der Waals surface area contributed by atoms with Crippen molar-refractivity contribution in [2.75, 3.05) is 33.5 Å². The Hall–Kier alpha value is -1.99. The summed E-state index contributed by atoms with van der Waals surface area (Å²) in [6, 6.07) is 2.75. The van der Waals surface area contributed by atoms with E-state index in [9.17, 15) is 9.59 Å². The van der Waals surface area contributed by atoms with Gasteiger partial charge in [-0.2, -0.15) is 0 Å². The lowest BCUT2D eigenvalue weighted by Gasteiger charge is -2.06. The minimum atomic E-state index is -1.12. The van der Waals surface area contributed by atoms with E-state index in [-0.39, 0.29) is 11.6 Å². The number of carboxylic acids is 1. The van der Waals surface area contributed by atoms with E-state index < -0.39 is 5.97 Å². The Balaban J connectivity index is 2.17. The molecule has 1 heterocycles. The molecule has 1 aromatic rings. The van der Waals surface area contributed by atoms with Crippen molar-refractivity contribution in [1.82, 2.24) is 10.3 Å². The van der Waals surface area contributed by atoms with Gasteiger partial charge in [0.05, 0.1) is 18.8 Å². The SMILES string of the molecule is COCCOCCCCNC(=O)c1ccc(C(=O)O)nc1. The van der Waals surface area contributed by atoms with E-state index in [1.807, 2.05) is 0 Å². The van der Waals surface area contributed by atoms with Gasteiger partial charge in [-0.1, -0.05) is 0 Å². The molecule has 0 saturated heterocycles. The van der Waals surface area contributed by atoms with Crippen molar-refractivity contribution in [3.8, 4) is 0 Å². The van der Waals surface area contributed by atoms with Crippen molar-refractivity contribution in [2.24, 2.45) is 0 Å². The molecule has 116 valence electrons. The van der Waals surface area contributed by atoms with Crippen LogP contribution in [0.5, 0.6) is 0 Å². The monoisotopic (exact) mass is 296 g/mol. The predicted octanol–water partition coefficient (Wildman–Crippen LogP) is 0.953. The maximum Gasteiger partial charge on any atom is 0.354 e. The van der Waals surface area contributed by atoms with E-state index in [4.69, 9.17) is 14.6 Å². The number of amides is 1. The number of aromatic carboxylic acids is 1. The first kappa shape index (κ1) is 17.1. The zero-order chi connectivity index (χ0) is 15.5. The van der Waals surface area contributed by atoms with Crippen LogP contribution in [0.1, 0.15) is 33.7 Å². The van der Waals surface area contributed by atoms with Gasteiger partial charge < -0.3 is 19.9 Å². The van der Waals surface area contributed by atoms with Gasteiger partial charge in [0.2, 0.25) is 0 Å². The average Bonchev–Trinajstić information content (AvgIpc) is 2.49. The van der Waals surface area contributed by atoms with Crippen LogP contribution < -0.4 is 5.32 Å². The largest absolute Gasteiger partial charge is 0.477 e. The minimum absolute atomic E-state index is 0.0836. The summed E-state index contributed by atoms with van der Waals surface area (Å²) in [6.45, 7) is 2.32. The van der Waals surface area contributed by atoms with Crippen LogP contribution in [0.15, 0.2) is 18.3 Å². The first-order valence-corrected chi connectivity index (χ1v) is 6.69. The minimum Gasteiger partial charge on any atom is -0.477 e. The molecule has 0 aromatic carbocycles. The molecule has 7 heteroatoms. The molecule has 0 saturated carbocycles. The number of carbonyl (C=O) groups excluding carboxylic acids is 1. The molecule has 0 fully saturated rings. The molecular formula is C14H20N2O5. The lowest BCUT2D eigenvalue weighted by molar-refractivity contribution is 0.0686. The predicted molar refractivity (Wildman–Crippen MR) is 75.5 cm³/mol. The van der Waals surface area contributed by atoms with Gasteiger partial charge in [-0.3, -0.25) is 4.79 Å². The van der Waals surface area contributed by atoms with E-state index in [0.717, 1.165) is 12.8 Å². The maximum atomic E-state index is 11.8. The second-order valence-corrected chi connectivity index (χ2v) is 4.31. The Labute approximate surface area is 123 Å². The molecular weight excluding hydrogens is 276 g/mol. The first-order chi connectivity index (χ1) is 10.1. The summed E-state index contributed by atoms with van der Waals surface area (Å²) in [7, 11) is 1.62. The Bertz CT molecular complexity index is 447. The molecule has 1 aromatic heterocycles. The number of hydrogen-bond donors (Lipinski definition) is 2. The molecule has 0 aliphatic heterocycles. The number of hydrogen-bond acceptors (Lipinski definition) is 5. The number of ether oxygens (including phenoxy) is 2. The van der Waals surface area contributed by atoms with Gasteiger partial charge in [0.15, 0.2) is 0 Å². The Kier molecular flexibility index (Phi) is 8.00. The summed E-state index contributed by atoms with van der Waals surface area (Å²) in [5.74, 6) is -1.38. The number of nitrogens with zero attached hydrogens (tertiary/aromatic N) is 1. The fourth-order valence-corrected chi connectivity index (χ4v) is 1.53. The Morgan fingerprint density at radius 1 is 1.24 bits per heavy atom. The van der Waals surface area contributed by atoms with Gasteiger partial charge in [-0.05, 0) is 25.0 Å². The second kappa shape index (κ2) is 9.84. The summed E-state index contributed by atoms with van der Waals surface area (Å²) in [6.07, 6.45) is 2.91. The summed E-state index contributed by atoms with van der Waals surface area (Å²) in [4.78, 5) is 26.1. The molecule has 0 bridgehead atoms. The zero-order valence-electron chi connectivity index (χ0n) is 12.0. The van der Waals surface area contributed by atoms with Crippen LogP contribution in [0.4, 0.5) is 0 Å². The zero-order valence-corrected chi connectivity index (χ0v) is 12.0. The normalized spacial score (nSPS) is 10.3. The topological polar surface area (TPSA) is 97.8 Å². The molecule has 7 nitrogen and oxygen atoms in total. The van der Waals surface area contributed by atoms with E-state index in [0.29, 0.717) is 31.9 Å². The standard InChI is InChI=1S/C14H20N2O5/c1-20-8-9-21-7-3-2-6-15-13(17)11-4-5-12(14(18)19)16-10-11/h4-5,10H,2-3,6-9H2,1H3,(H,15,17)(H,18,19). The van der Waals surface area contributed by atoms with Crippen molar-refractivity contribution >= 4 is 11.9 Å². The van der Waals surface area contributed by atoms with Crippen molar-refractivity contribution < 1.29 is 24.2 Å². The molecule has 0 aliphatic rings. The highest BCUT2D eigenvalue weighted by Crippen LogP contribution is 2.00. The number of carbonyl (C=O) groups is 2. The van der Waals surface area contributed by atoms with Crippen LogP contribution in [-0.2, 0) is 9.47 Å². The van der Waals surface area contributed by atoms with Crippen LogP contribution in [0.2, 0.25) is 0 Å². The third kappa shape index (κ3) is 6.82. The Morgan fingerprint density at radius 2 is 2.05 bits per heavy atom. The fraction of sp³-hybridized carbons (Fsp3) is 0.500. The summed E-state index contributed by atoms with van der Waals surface area (Å²) < 4.78 is 10.1. The highest BCUT2D eigenvalue weighted by Gasteiger charge is 2.08. The average molecular weight is 296 g/mol. The van der Waals surface area contributed by atoms with Crippen LogP contribution in [0, 0.1) is 0 Å². The molecule has 0 unspecified atom stereocenters. The smallest absolute Gasteiger partial charge is 0.354 e.